The lowest BCUT2D eigenvalue weighted by molar-refractivity contribution is 0.0669. The van der Waals surface area contributed by atoms with E-state index < -0.39 is 0 Å². The average molecular weight is 289 g/mol. The Kier molecular flexibility index (Phi) is 4.22. The van der Waals surface area contributed by atoms with E-state index in [1.165, 1.54) is 6.07 Å². The quantitative estimate of drug-likeness (QED) is 0.768. The SMILES string of the molecule is C=C(CC(C)(C)C)N1CCC1C(=O)c1ccc(C)c(F)c1. The van der Waals surface area contributed by atoms with Crippen LogP contribution < -0.4 is 0 Å². The van der Waals surface area contributed by atoms with Gasteiger partial charge in [-0.2, -0.15) is 0 Å². The molecule has 2 nitrogen and oxygen atoms in total. The van der Waals surface area contributed by atoms with Gasteiger partial charge in [0.2, 0.25) is 0 Å². The maximum Gasteiger partial charge on any atom is 0.185 e. The van der Waals surface area contributed by atoms with Crippen molar-refractivity contribution in [3.63, 3.8) is 0 Å². The molecule has 1 atom stereocenters. The van der Waals surface area contributed by atoms with Crippen molar-refractivity contribution in [2.75, 3.05) is 6.54 Å². The van der Waals surface area contributed by atoms with Crippen molar-refractivity contribution < 1.29 is 9.18 Å². The summed E-state index contributed by atoms with van der Waals surface area (Å²) in [7, 11) is 0. The molecule has 2 rings (SSSR count). The van der Waals surface area contributed by atoms with Crippen molar-refractivity contribution in [1.82, 2.24) is 4.90 Å². The predicted molar refractivity (Wildman–Crippen MR) is 83.8 cm³/mol. The highest BCUT2D eigenvalue weighted by atomic mass is 19.1. The summed E-state index contributed by atoms with van der Waals surface area (Å²) in [4.78, 5) is 14.6. The van der Waals surface area contributed by atoms with Gasteiger partial charge in [-0.25, -0.2) is 4.39 Å². The third-order valence-electron chi connectivity index (χ3n) is 3.92. The summed E-state index contributed by atoms with van der Waals surface area (Å²) in [6.07, 6.45) is 1.68. The van der Waals surface area contributed by atoms with Crippen molar-refractivity contribution in [2.45, 2.75) is 46.6 Å². The molecule has 3 heteroatoms. The first-order chi connectivity index (χ1) is 9.69. The Labute approximate surface area is 126 Å². The van der Waals surface area contributed by atoms with Gasteiger partial charge < -0.3 is 4.90 Å². The summed E-state index contributed by atoms with van der Waals surface area (Å²) >= 11 is 0. The second kappa shape index (κ2) is 5.63. The highest BCUT2D eigenvalue weighted by Crippen LogP contribution is 2.32. The van der Waals surface area contributed by atoms with E-state index in [9.17, 15) is 9.18 Å². The lowest BCUT2D eigenvalue weighted by atomic mass is 9.87. The van der Waals surface area contributed by atoms with Gasteiger partial charge in [0.15, 0.2) is 5.78 Å². The Morgan fingerprint density at radius 2 is 2.10 bits per heavy atom. The van der Waals surface area contributed by atoms with Crippen molar-refractivity contribution in [1.29, 1.82) is 0 Å². The Morgan fingerprint density at radius 1 is 1.43 bits per heavy atom. The molecule has 0 bridgehead atoms. The van der Waals surface area contributed by atoms with Crippen molar-refractivity contribution in [3.8, 4) is 0 Å². The molecule has 1 unspecified atom stereocenters. The zero-order valence-electron chi connectivity index (χ0n) is 13.4. The normalized spacial score (nSPS) is 18.3. The predicted octanol–water partition coefficient (Wildman–Crippen LogP) is 4.34. The fourth-order valence-corrected chi connectivity index (χ4v) is 2.69. The van der Waals surface area contributed by atoms with Crippen molar-refractivity contribution in [3.05, 3.63) is 47.4 Å². The van der Waals surface area contributed by atoms with Crippen LogP contribution in [-0.4, -0.2) is 23.3 Å². The molecule has 1 aromatic carbocycles. The summed E-state index contributed by atoms with van der Waals surface area (Å²) in [6, 6.07) is 4.54. The fraction of sp³-hybridized carbons (Fsp3) is 0.500. The number of likely N-dealkylation sites (tertiary alicyclic amines) is 1. The largest absolute Gasteiger partial charge is 0.365 e. The van der Waals surface area contributed by atoms with Gasteiger partial charge in [-0.05, 0) is 36.8 Å². The molecule has 1 aliphatic rings. The number of carbonyl (C=O) groups is 1. The number of hydrogen-bond donors (Lipinski definition) is 0. The average Bonchev–Trinajstić information content (AvgIpc) is 2.28. The van der Waals surface area contributed by atoms with Crippen LogP contribution in [0.3, 0.4) is 0 Å². The van der Waals surface area contributed by atoms with E-state index in [0.29, 0.717) is 11.1 Å². The van der Waals surface area contributed by atoms with Gasteiger partial charge >= 0.3 is 0 Å². The van der Waals surface area contributed by atoms with Crippen molar-refractivity contribution in [2.24, 2.45) is 5.41 Å². The lowest BCUT2D eigenvalue weighted by Gasteiger charge is -2.44. The molecule has 0 N–H and O–H groups in total. The molecule has 1 heterocycles. The van der Waals surface area contributed by atoms with E-state index in [2.05, 4.69) is 32.3 Å². The number of rotatable bonds is 4. The molecule has 0 radical (unpaired) electrons. The topological polar surface area (TPSA) is 20.3 Å². The number of benzene rings is 1. The minimum Gasteiger partial charge on any atom is -0.365 e. The van der Waals surface area contributed by atoms with Gasteiger partial charge in [-0.15, -0.1) is 0 Å². The second-order valence-corrected chi connectivity index (χ2v) is 7.13. The number of hydrogen-bond acceptors (Lipinski definition) is 2. The molecular formula is C18H24FNO. The molecule has 0 spiro atoms. The summed E-state index contributed by atoms with van der Waals surface area (Å²) in [5.74, 6) is -0.324. The van der Waals surface area contributed by atoms with Gasteiger partial charge in [0.1, 0.15) is 5.82 Å². The van der Waals surface area contributed by atoms with Gasteiger partial charge in [-0.3, -0.25) is 4.79 Å². The van der Waals surface area contributed by atoms with Crippen LogP contribution in [0, 0.1) is 18.2 Å². The third kappa shape index (κ3) is 3.52. The highest BCUT2D eigenvalue weighted by Gasteiger charge is 2.36. The molecule has 21 heavy (non-hydrogen) atoms. The molecule has 0 amide bonds. The van der Waals surface area contributed by atoms with E-state index in [1.54, 1.807) is 19.1 Å². The molecule has 0 aliphatic carbocycles. The van der Waals surface area contributed by atoms with Crippen LogP contribution in [0.5, 0.6) is 0 Å². The minimum atomic E-state index is -0.319. The third-order valence-corrected chi connectivity index (χ3v) is 3.92. The Balaban J connectivity index is 2.09. The van der Waals surface area contributed by atoms with Crippen LogP contribution >= 0.6 is 0 Å². The molecular weight excluding hydrogens is 265 g/mol. The fourth-order valence-electron chi connectivity index (χ4n) is 2.69. The van der Waals surface area contributed by atoms with Crippen LogP contribution in [0.15, 0.2) is 30.5 Å². The molecule has 0 saturated carbocycles. The Hall–Kier alpha value is -1.64. The standard InChI is InChI=1S/C18H24FNO/c1-12-6-7-14(10-15(12)19)17(21)16-8-9-20(16)13(2)11-18(3,4)5/h6-7,10,16H,2,8-9,11H2,1,3-5H3. The number of ketones is 1. The number of Topliss-reactive ketones (excluding diaryl/α,β-unsaturated/α-hetero) is 1. The second-order valence-electron chi connectivity index (χ2n) is 7.13. The van der Waals surface area contributed by atoms with Crippen molar-refractivity contribution >= 4 is 5.78 Å². The van der Waals surface area contributed by atoms with Gasteiger partial charge in [0, 0.05) is 17.8 Å². The number of carbonyl (C=O) groups excluding carboxylic acids is 1. The maximum absolute atomic E-state index is 13.6. The molecule has 0 aromatic heterocycles. The van der Waals surface area contributed by atoms with E-state index in [-0.39, 0.29) is 23.1 Å². The number of halogens is 1. The summed E-state index contributed by atoms with van der Waals surface area (Å²) < 4.78 is 13.6. The van der Waals surface area contributed by atoms with Crippen LogP contribution in [0.4, 0.5) is 4.39 Å². The smallest absolute Gasteiger partial charge is 0.185 e. The van der Waals surface area contributed by atoms with Crippen LogP contribution in [-0.2, 0) is 0 Å². The van der Waals surface area contributed by atoms with Gasteiger partial charge in [-0.1, -0.05) is 39.5 Å². The Morgan fingerprint density at radius 3 is 2.57 bits per heavy atom. The van der Waals surface area contributed by atoms with E-state index >= 15 is 0 Å². The summed E-state index contributed by atoms with van der Waals surface area (Å²) in [6.45, 7) is 13.1. The monoisotopic (exact) mass is 289 g/mol. The number of nitrogens with zero attached hydrogens (tertiary/aromatic N) is 1. The van der Waals surface area contributed by atoms with Gasteiger partial charge in [0.05, 0.1) is 6.04 Å². The van der Waals surface area contributed by atoms with Crippen LogP contribution in [0.2, 0.25) is 0 Å². The summed E-state index contributed by atoms with van der Waals surface area (Å²) in [5.41, 5.74) is 2.17. The summed E-state index contributed by atoms with van der Waals surface area (Å²) in [5, 5.41) is 0. The molecule has 1 saturated heterocycles. The number of aryl methyl sites for hydroxylation is 1. The zero-order chi connectivity index (χ0) is 15.8. The van der Waals surface area contributed by atoms with Crippen LogP contribution in [0.25, 0.3) is 0 Å². The van der Waals surface area contributed by atoms with Crippen LogP contribution in [0.1, 0.15) is 49.5 Å². The van der Waals surface area contributed by atoms with E-state index in [0.717, 1.165) is 25.1 Å². The molecule has 114 valence electrons. The molecule has 1 aromatic rings. The maximum atomic E-state index is 13.6. The first-order valence-electron chi connectivity index (χ1n) is 7.44. The van der Waals surface area contributed by atoms with E-state index in [1.807, 2.05) is 0 Å². The first-order valence-corrected chi connectivity index (χ1v) is 7.44. The lowest BCUT2D eigenvalue weighted by Crippen LogP contribution is -2.51. The van der Waals surface area contributed by atoms with Gasteiger partial charge in [0.25, 0.3) is 0 Å². The minimum absolute atomic E-state index is 0.00444. The zero-order valence-corrected chi connectivity index (χ0v) is 13.4. The first kappa shape index (κ1) is 15.7. The highest BCUT2D eigenvalue weighted by molar-refractivity contribution is 6.00. The van der Waals surface area contributed by atoms with E-state index in [4.69, 9.17) is 0 Å². The molecule has 1 aliphatic heterocycles. The molecule has 1 fully saturated rings. The Bertz CT molecular complexity index is 571. The number of allylic oxidation sites excluding steroid dienone is 1.